The standard InChI is InChI=1S/C22H30O5S.K/c1-2-3-4-5-6-7-8-10-13-18-16-17-20(21(23)22(18)28(24,25)26)27-19-14-11-9-12-15-19;/h9,11-12,14-17,23H,2-8,10,13H2,1H3,(H,24,25,26);/q;+1/p-1. The molecule has 2 rings (SSSR count). The summed E-state index contributed by atoms with van der Waals surface area (Å²) in [6.07, 6.45) is 9.40. The Morgan fingerprint density at radius 3 is 2.07 bits per heavy atom. The first kappa shape index (κ1) is 26.6. The predicted molar refractivity (Wildman–Crippen MR) is 109 cm³/mol. The van der Waals surface area contributed by atoms with Crippen molar-refractivity contribution in [1.82, 2.24) is 0 Å². The van der Waals surface area contributed by atoms with Crippen molar-refractivity contribution in [2.75, 3.05) is 0 Å². The van der Waals surface area contributed by atoms with E-state index in [1.807, 2.05) is 6.07 Å². The summed E-state index contributed by atoms with van der Waals surface area (Å²) < 4.78 is 38.7. The summed E-state index contributed by atoms with van der Waals surface area (Å²) in [7, 11) is -4.63. The van der Waals surface area contributed by atoms with Crippen LogP contribution in [0.2, 0.25) is 0 Å². The molecule has 1 N–H and O–H groups in total. The first-order valence-electron chi connectivity index (χ1n) is 9.96. The monoisotopic (exact) mass is 444 g/mol. The van der Waals surface area contributed by atoms with Gasteiger partial charge in [0.2, 0.25) is 0 Å². The minimum absolute atomic E-state index is 0. The second-order valence-electron chi connectivity index (χ2n) is 7.00. The molecule has 0 saturated heterocycles. The smallest absolute Gasteiger partial charge is 0.869 e. The Bertz CT molecular complexity index is 838. The van der Waals surface area contributed by atoms with Gasteiger partial charge in [0.15, 0.2) is 0 Å². The molecular formula is C22H29KO5S. The largest absolute Gasteiger partial charge is 1.00 e. The number of hydrogen-bond donors (Lipinski definition) is 1. The van der Waals surface area contributed by atoms with Gasteiger partial charge in [-0.3, -0.25) is 4.55 Å². The third kappa shape index (κ3) is 9.08. The van der Waals surface area contributed by atoms with Crippen LogP contribution >= 0.6 is 0 Å². The van der Waals surface area contributed by atoms with Crippen LogP contribution in [0.15, 0.2) is 47.4 Å². The van der Waals surface area contributed by atoms with Gasteiger partial charge in [-0.25, -0.2) is 0 Å². The molecule has 2 aromatic carbocycles. The van der Waals surface area contributed by atoms with E-state index < -0.39 is 20.8 Å². The number of para-hydroxylation sites is 1. The van der Waals surface area contributed by atoms with E-state index in [0.717, 1.165) is 19.3 Å². The minimum atomic E-state index is -4.63. The molecule has 0 saturated carbocycles. The van der Waals surface area contributed by atoms with Gasteiger partial charge in [-0.15, -0.1) is 0 Å². The van der Waals surface area contributed by atoms with Crippen LogP contribution in [-0.4, -0.2) is 13.0 Å². The van der Waals surface area contributed by atoms with Crippen LogP contribution < -0.4 is 61.2 Å². The van der Waals surface area contributed by atoms with E-state index in [9.17, 15) is 18.1 Å². The minimum Gasteiger partial charge on any atom is -0.869 e. The molecule has 0 aliphatic rings. The molecule has 154 valence electrons. The molecule has 0 spiro atoms. The molecule has 0 unspecified atom stereocenters. The van der Waals surface area contributed by atoms with E-state index in [0.29, 0.717) is 17.7 Å². The van der Waals surface area contributed by atoms with E-state index in [1.54, 1.807) is 30.3 Å². The average Bonchev–Trinajstić information content (AvgIpc) is 2.66. The molecule has 0 atom stereocenters. The van der Waals surface area contributed by atoms with Crippen molar-refractivity contribution in [2.45, 2.75) is 69.6 Å². The summed E-state index contributed by atoms with van der Waals surface area (Å²) in [5, 5.41) is 12.6. The van der Waals surface area contributed by atoms with Gasteiger partial charge in [0, 0.05) is 0 Å². The molecule has 29 heavy (non-hydrogen) atoms. The Morgan fingerprint density at radius 1 is 0.897 bits per heavy atom. The third-order valence-electron chi connectivity index (χ3n) is 4.69. The normalized spacial score (nSPS) is 11.1. The molecule has 0 heterocycles. The first-order valence-corrected chi connectivity index (χ1v) is 11.4. The molecule has 7 heteroatoms. The van der Waals surface area contributed by atoms with Crippen molar-refractivity contribution in [1.29, 1.82) is 0 Å². The molecule has 0 amide bonds. The molecular weight excluding hydrogens is 415 g/mol. The average molecular weight is 445 g/mol. The Kier molecular flexibility index (Phi) is 12.7. The first-order chi connectivity index (χ1) is 13.4. The van der Waals surface area contributed by atoms with Gasteiger partial charge in [-0.2, -0.15) is 8.42 Å². The zero-order chi connectivity index (χ0) is 20.4. The van der Waals surface area contributed by atoms with Crippen molar-refractivity contribution >= 4 is 10.1 Å². The SMILES string of the molecule is CCCCCCCCCCc1ccc(Oc2ccccc2)c([O-])c1S(=O)(=O)O.[K+]. The molecule has 0 bridgehead atoms. The fraction of sp³-hybridized carbons (Fsp3) is 0.455. The number of rotatable bonds is 12. The van der Waals surface area contributed by atoms with E-state index >= 15 is 0 Å². The van der Waals surface area contributed by atoms with Gasteiger partial charge < -0.3 is 9.84 Å². The van der Waals surface area contributed by atoms with Crippen LogP contribution in [0.3, 0.4) is 0 Å². The van der Waals surface area contributed by atoms with Crippen molar-refractivity contribution in [3.05, 3.63) is 48.0 Å². The zero-order valence-corrected chi connectivity index (χ0v) is 21.3. The van der Waals surface area contributed by atoms with E-state index in [2.05, 4.69) is 6.92 Å². The topological polar surface area (TPSA) is 86.7 Å². The van der Waals surface area contributed by atoms with Gasteiger partial charge in [-0.05, 0) is 42.4 Å². The maximum Gasteiger partial charge on any atom is 1.00 e. The Hall–Kier alpha value is -0.414. The van der Waals surface area contributed by atoms with Crippen molar-refractivity contribution < 1.29 is 74.2 Å². The molecule has 0 aliphatic carbocycles. The Labute approximate surface area is 217 Å². The van der Waals surface area contributed by atoms with E-state index in [-0.39, 0.29) is 57.1 Å². The van der Waals surface area contributed by atoms with Crippen LogP contribution in [0.5, 0.6) is 17.2 Å². The number of hydrogen-bond acceptors (Lipinski definition) is 4. The third-order valence-corrected chi connectivity index (χ3v) is 5.65. The number of aryl methyl sites for hydroxylation is 1. The van der Waals surface area contributed by atoms with E-state index in [4.69, 9.17) is 4.74 Å². The van der Waals surface area contributed by atoms with Gasteiger partial charge in [0.05, 0.1) is 4.90 Å². The van der Waals surface area contributed by atoms with Crippen LogP contribution in [0.25, 0.3) is 0 Å². The summed E-state index contributed by atoms with van der Waals surface area (Å²) in [6, 6.07) is 11.7. The van der Waals surface area contributed by atoms with Crippen molar-refractivity contribution in [2.24, 2.45) is 0 Å². The molecule has 0 fully saturated rings. The Balaban J connectivity index is 0.00000420. The quantitative estimate of drug-likeness (QED) is 0.309. The number of ether oxygens (including phenoxy) is 1. The summed E-state index contributed by atoms with van der Waals surface area (Å²) in [6.45, 7) is 2.19. The summed E-state index contributed by atoms with van der Waals surface area (Å²) in [4.78, 5) is -0.566. The number of benzene rings is 2. The molecule has 5 nitrogen and oxygen atoms in total. The summed E-state index contributed by atoms with van der Waals surface area (Å²) in [5.74, 6) is -0.487. The van der Waals surface area contributed by atoms with Crippen LogP contribution in [0.4, 0.5) is 0 Å². The molecule has 0 radical (unpaired) electrons. The van der Waals surface area contributed by atoms with E-state index in [1.165, 1.54) is 38.2 Å². The van der Waals surface area contributed by atoms with Gasteiger partial charge >= 0.3 is 51.4 Å². The van der Waals surface area contributed by atoms with Gasteiger partial charge in [-0.1, -0.05) is 76.1 Å². The van der Waals surface area contributed by atoms with Gasteiger partial charge in [0.1, 0.15) is 11.5 Å². The molecule has 0 aliphatic heterocycles. The fourth-order valence-electron chi connectivity index (χ4n) is 3.21. The van der Waals surface area contributed by atoms with Crippen molar-refractivity contribution in [3.8, 4) is 17.2 Å². The van der Waals surface area contributed by atoms with Crippen LogP contribution in [0.1, 0.15) is 63.9 Å². The predicted octanol–water partition coefficient (Wildman–Crippen LogP) is 2.49. The summed E-state index contributed by atoms with van der Waals surface area (Å²) >= 11 is 0. The zero-order valence-electron chi connectivity index (χ0n) is 17.4. The van der Waals surface area contributed by atoms with Crippen LogP contribution in [-0.2, 0) is 16.5 Å². The number of unbranched alkanes of at least 4 members (excludes halogenated alkanes) is 7. The maximum atomic E-state index is 12.6. The molecule has 2 aromatic rings. The maximum absolute atomic E-state index is 12.6. The van der Waals surface area contributed by atoms with Crippen molar-refractivity contribution in [3.63, 3.8) is 0 Å². The van der Waals surface area contributed by atoms with Crippen LogP contribution in [0, 0.1) is 0 Å². The second-order valence-corrected chi connectivity index (χ2v) is 8.35. The Morgan fingerprint density at radius 2 is 1.48 bits per heavy atom. The molecule has 0 aromatic heterocycles. The summed E-state index contributed by atoms with van der Waals surface area (Å²) in [5.41, 5.74) is 0.346. The second kappa shape index (κ2) is 13.8. The fourth-order valence-corrected chi connectivity index (χ4v) is 4.05. The van der Waals surface area contributed by atoms with Gasteiger partial charge in [0.25, 0.3) is 10.1 Å².